The van der Waals surface area contributed by atoms with Crippen molar-refractivity contribution in [2.24, 2.45) is 5.73 Å². The number of halogens is 2. The van der Waals surface area contributed by atoms with Gasteiger partial charge in [0, 0.05) is 6.42 Å². The number of benzene rings is 2. The largest absolute Gasteiger partial charge is 0.330 e. The number of nitrogens with zero attached hydrogens (tertiary/aromatic N) is 2. The van der Waals surface area contributed by atoms with E-state index in [1.807, 2.05) is 18.2 Å². The molecule has 0 bridgehead atoms. The summed E-state index contributed by atoms with van der Waals surface area (Å²) in [6.45, 7) is 0.299. The van der Waals surface area contributed by atoms with Crippen molar-refractivity contribution in [2.75, 3.05) is 6.54 Å². The normalized spacial score (nSPS) is 11.0. The molecule has 0 spiro atoms. The Morgan fingerprint density at radius 1 is 1.18 bits per heavy atom. The van der Waals surface area contributed by atoms with Gasteiger partial charge in [0.15, 0.2) is 0 Å². The van der Waals surface area contributed by atoms with Crippen LogP contribution in [0.4, 0.5) is 4.39 Å². The lowest BCUT2D eigenvalue weighted by Crippen LogP contribution is -2.26. The number of hydrogen-bond donors (Lipinski definition) is 1. The first-order valence-corrected chi connectivity index (χ1v) is 7.16. The van der Waals surface area contributed by atoms with Gasteiger partial charge in [-0.1, -0.05) is 29.8 Å². The van der Waals surface area contributed by atoms with Crippen molar-refractivity contribution < 1.29 is 4.39 Å². The van der Waals surface area contributed by atoms with Crippen molar-refractivity contribution in [3.05, 3.63) is 69.5 Å². The Balaban J connectivity index is 2.45. The Kier molecular flexibility index (Phi) is 3.92. The fourth-order valence-electron chi connectivity index (χ4n) is 2.40. The molecule has 0 saturated carbocycles. The van der Waals surface area contributed by atoms with Crippen LogP contribution in [0.15, 0.2) is 47.3 Å². The highest BCUT2D eigenvalue weighted by Gasteiger charge is 2.17. The average Bonchev–Trinajstić information content (AvgIpc) is 2.52. The van der Waals surface area contributed by atoms with Crippen LogP contribution in [-0.4, -0.2) is 16.1 Å². The minimum absolute atomic E-state index is 0.0202. The predicted octanol–water partition coefficient (Wildman–Crippen LogP) is 2.68. The first kappa shape index (κ1) is 14.7. The molecule has 0 atom stereocenters. The van der Waals surface area contributed by atoms with Crippen molar-refractivity contribution in [1.29, 1.82) is 0 Å². The Morgan fingerprint density at radius 3 is 2.59 bits per heavy atom. The van der Waals surface area contributed by atoms with E-state index in [4.69, 9.17) is 17.3 Å². The highest BCUT2D eigenvalue weighted by molar-refractivity contribution is 6.35. The smallest absolute Gasteiger partial charge is 0.267 e. The molecule has 0 saturated heterocycles. The monoisotopic (exact) mass is 317 g/mol. The van der Waals surface area contributed by atoms with Gasteiger partial charge in [-0.25, -0.2) is 9.37 Å². The van der Waals surface area contributed by atoms with Gasteiger partial charge in [-0.2, -0.15) is 0 Å². The summed E-state index contributed by atoms with van der Waals surface area (Å²) in [5.74, 6) is -0.164. The second-order valence-electron chi connectivity index (χ2n) is 4.80. The lowest BCUT2D eigenvalue weighted by Gasteiger charge is -2.13. The zero-order chi connectivity index (χ0) is 15.7. The van der Waals surface area contributed by atoms with Crippen molar-refractivity contribution in [1.82, 2.24) is 9.55 Å². The topological polar surface area (TPSA) is 60.9 Å². The van der Waals surface area contributed by atoms with Crippen LogP contribution < -0.4 is 11.3 Å². The number of fused-ring (bicyclic) bond motifs is 1. The molecule has 112 valence electrons. The quantitative estimate of drug-likeness (QED) is 0.808. The SMILES string of the molecule is NCCc1nc2c(F)ccc(Cl)c2c(=O)n1-c1ccccc1. The van der Waals surface area contributed by atoms with Crippen LogP contribution >= 0.6 is 11.6 Å². The van der Waals surface area contributed by atoms with E-state index in [1.165, 1.54) is 16.7 Å². The van der Waals surface area contributed by atoms with Crippen molar-refractivity contribution in [2.45, 2.75) is 6.42 Å². The minimum atomic E-state index is -0.574. The van der Waals surface area contributed by atoms with Gasteiger partial charge in [0.2, 0.25) is 0 Å². The molecule has 4 nitrogen and oxygen atoms in total. The van der Waals surface area contributed by atoms with Crippen LogP contribution in [0.3, 0.4) is 0 Å². The van der Waals surface area contributed by atoms with Gasteiger partial charge in [0.1, 0.15) is 17.2 Å². The van der Waals surface area contributed by atoms with Crippen LogP contribution in [0.25, 0.3) is 16.6 Å². The molecule has 3 aromatic rings. The summed E-state index contributed by atoms with van der Waals surface area (Å²) in [6, 6.07) is 11.6. The summed E-state index contributed by atoms with van der Waals surface area (Å²) in [6.07, 6.45) is 0.353. The Labute approximate surface area is 131 Å². The molecule has 2 aromatic carbocycles. The van der Waals surface area contributed by atoms with Gasteiger partial charge < -0.3 is 5.73 Å². The maximum Gasteiger partial charge on any atom is 0.267 e. The first-order valence-electron chi connectivity index (χ1n) is 6.78. The number of rotatable bonds is 3. The van der Waals surface area contributed by atoms with E-state index < -0.39 is 11.4 Å². The Morgan fingerprint density at radius 2 is 1.91 bits per heavy atom. The highest BCUT2D eigenvalue weighted by atomic mass is 35.5. The number of hydrogen-bond acceptors (Lipinski definition) is 3. The number of aromatic nitrogens is 2. The zero-order valence-electron chi connectivity index (χ0n) is 11.6. The molecule has 3 rings (SSSR count). The molecule has 0 aliphatic heterocycles. The van der Waals surface area contributed by atoms with E-state index in [2.05, 4.69) is 4.98 Å². The standard InChI is InChI=1S/C16H13ClFN3O/c17-11-6-7-12(18)15-14(11)16(22)21(13(20-15)8-9-19)10-4-2-1-3-5-10/h1-7H,8-9,19H2. The van der Waals surface area contributed by atoms with Gasteiger partial charge in [-0.05, 0) is 30.8 Å². The third-order valence-electron chi connectivity index (χ3n) is 3.38. The second kappa shape index (κ2) is 5.87. The van der Waals surface area contributed by atoms with E-state index in [1.54, 1.807) is 12.1 Å². The van der Waals surface area contributed by atoms with E-state index in [-0.39, 0.29) is 15.9 Å². The van der Waals surface area contributed by atoms with Crippen molar-refractivity contribution >= 4 is 22.5 Å². The molecule has 22 heavy (non-hydrogen) atoms. The summed E-state index contributed by atoms with van der Waals surface area (Å²) in [4.78, 5) is 17.1. The van der Waals surface area contributed by atoms with Gasteiger partial charge in [0.25, 0.3) is 5.56 Å². The van der Waals surface area contributed by atoms with Crippen LogP contribution in [0.5, 0.6) is 0 Å². The molecular weight excluding hydrogens is 305 g/mol. The molecule has 2 N–H and O–H groups in total. The molecule has 1 aromatic heterocycles. The van der Waals surface area contributed by atoms with Crippen LogP contribution in [0.1, 0.15) is 5.82 Å². The maximum atomic E-state index is 14.0. The molecular formula is C16H13ClFN3O. The summed E-state index contributed by atoms with van der Waals surface area (Å²) < 4.78 is 15.4. The van der Waals surface area contributed by atoms with Crippen LogP contribution in [-0.2, 0) is 6.42 Å². The van der Waals surface area contributed by atoms with Gasteiger partial charge >= 0.3 is 0 Å². The predicted molar refractivity (Wildman–Crippen MR) is 85.1 cm³/mol. The average molecular weight is 318 g/mol. The summed E-state index contributed by atoms with van der Waals surface area (Å²) >= 11 is 6.08. The minimum Gasteiger partial charge on any atom is -0.330 e. The third-order valence-corrected chi connectivity index (χ3v) is 3.69. The summed E-state index contributed by atoms with van der Waals surface area (Å²) in [5, 5.41) is 0.254. The molecule has 0 radical (unpaired) electrons. The fourth-order valence-corrected chi connectivity index (χ4v) is 2.64. The Hall–Kier alpha value is -2.24. The van der Waals surface area contributed by atoms with Gasteiger partial charge in [0.05, 0.1) is 16.1 Å². The van der Waals surface area contributed by atoms with E-state index >= 15 is 0 Å². The molecule has 0 fully saturated rings. The van der Waals surface area contributed by atoms with Crippen LogP contribution in [0.2, 0.25) is 5.02 Å². The molecule has 0 amide bonds. The molecule has 0 aliphatic carbocycles. The van der Waals surface area contributed by atoms with Gasteiger partial charge in [-0.3, -0.25) is 9.36 Å². The van der Waals surface area contributed by atoms with Crippen molar-refractivity contribution in [3.63, 3.8) is 0 Å². The second-order valence-corrected chi connectivity index (χ2v) is 5.20. The maximum absolute atomic E-state index is 14.0. The zero-order valence-corrected chi connectivity index (χ0v) is 12.3. The molecule has 6 heteroatoms. The van der Waals surface area contributed by atoms with E-state index in [0.29, 0.717) is 24.5 Å². The summed E-state index contributed by atoms with van der Waals surface area (Å²) in [7, 11) is 0. The van der Waals surface area contributed by atoms with Gasteiger partial charge in [-0.15, -0.1) is 0 Å². The molecule has 0 aliphatic rings. The summed E-state index contributed by atoms with van der Waals surface area (Å²) in [5.41, 5.74) is 5.82. The Bertz CT molecular complexity index is 893. The first-order chi connectivity index (χ1) is 10.6. The molecule has 0 unspecified atom stereocenters. The lowest BCUT2D eigenvalue weighted by atomic mass is 10.2. The molecule has 1 heterocycles. The number of para-hydroxylation sites is 1. The van der Waals surface area contributed by atoms with Crippen LogP contribution in [0, 0.1) is 5.82 Å². The highest BCUT2D eigenvalue weighted by Crippen LogP contribution is 2.23. The van der Waals surface area contributed by atoms with E-state index in [9.17, 15) is 9.18 Å². The van der Waals surface area contributed by atoms with Crippen molar-refractivity contribution in [3.8, 4) is 5.69 Å². The fraction of sp³-hybridized carbons (Fsp3) is 0.125. The third kappa shape index (κ3) is 2.38. The number of nitrogens with two attached hydrogens (primary N) is 1. The lowest BCUT2D eigenvalue weighted by molar-refractivity contribution is 0.634. The van der Waals surface area contributed by atoms with E-state index in [0.717, 1.165) is 0 Å².